The van der Waals surface area contributed by atoms with Crippen LogP contribution in [0.5, 0.6) is 0 Å². The third-order valence-corrected chi connectivity index (χ3v) is 8.30. The molecule has 0 unspecified atom stereocenters. The van der Waals surface area contributed by atoms with E-state index in [0.717, 1.165) is 18.4 Å². The van der Waals surface area contributed by atoms with Gasteiger partial charge in [0.15, 0.2) is 4.91 Å². The average molecular weight is 453 g/mol. The van der Waals surface area contributed by atoms with Crippen LogP contribution in [0.15, 0.2) is 59.1 Å². The number of fused-ring (bicyclic) bond motifs is 1. The van der Waals surface area contributed by atoms with Crippen molar-refractivity contribution < 1.29 is 18.0 Å². The summed E-state index contributed by atoms with van der Waals surface area (Å²) in [6, 6.07) is 13.6. The van der Waals surface area contributed by atoms with Gasteiger partial charge in [-0.25, -0.2) is 8.42 Å². The van der Waals surface area contributed by atoms with Gasteiger partial charge in [-0.05, 0) is 44.2 Å². The molecule has 2 aliphatic rings. The minimum atomic E-state index is -4.29. The van der Waals surface area contributed by atoms with Crippen molar-refractivity contribution in [3.8, 4) is 0 Å². The number of anilines is 1. The summed E-state index contributed by atoms with van der Waals surface area (Å²) < 4.78 is 29.3. The zero-order valence-electron chi connectivity index (χ0n) is 18.7. The summed E-state index contributed by atoms with van der Waals surface area (Å²) in [5, 5.41) is 0. The average Bonchev–Trinajstić information content (AvgIpc) is 2.78. The van der Waals surface area contributed by atoms with Gasteiger partial charge < -0.3 is 4.90 Å². The Bertz CT molecular complexity index is 1210. The number of aryl methyl sites for hydroxylation is 1. The molecule has 4 rings (SSSR count). The van der Waals surface area contributed by atoms with E-state index < -0.39 is 26.5 Å². The first kappa shape index (κ1) is 22.3. The van der Waals surface area contributed by atoms with Crippen molar-refractivity contribution in [2.75, 3.05) is 23.9 Å². The number of likely N-dealkylation sites (tertiary alicyclic amines) is 1. The molecule has 32 heavy (non-hydrogen) atoms. The standard InChI is InChI=1S/C25H28N2O4S/c1-4-27(21-12-8-5-9-18(21)3)32(30,31)25-22(26-15-13-17(2)14-16-26)23(28)19-10-6-7-11-20(19)24(25)29/h5-12,17H,4,13-16H2,1-3H3. The number of ketones is 2. The maximum absolute atomic E-state index is 14.0. The Morgan fingerprint density at radius 2 is 1.50 bits per heavy atom. The molecule has 7 heteroatoms. The zero-order chi connectivity index (χ0) is 23.0. The normalized spacial score (nSPS) is 17.5. The number of para-hydroxylation sites is 1. The van der Waals surface area contributed by atoms with Crippen LogP contribution in [0, 0.1) is 12.8 Å². The van der Waals surface area contributed by atoms with Crippen LogP contribution in [0.25, 0.3) is 0 Å². The smallest absolute Gasteiger partial charge is 0.270 e. The first-order chi connectivity index (χ1) is 15.3. The van der Waals surface area contributed by atoms with Crippen molar-refractivity contribution in [3.05, 3.63) is 75.8 Å². The largest absolute Gasteiger partial charge is 0.367 e. The Morgan fingerprint density at radius 1 is 0.938 bits per heavy atom. The van der Waals surface area contributed by atoms with E-state index >= 15 is 0 Å². The van der Waals surface area contributed by atoms with E-state index in [0.29, 0.717) is 24.7 Å². The highest BCUT2D eigenvalue weighted by atomic mass is 32.2. The van der Waals surface area contributed by atoms with E-state index in [1.165, 1.54) is 10.4 Å². The molecule has 0 aromatic heterocycles. The van der Waals surface area contributed by atoms with Gasteiger partial charge in [-0.1, -0.05) is 49.4 Å². The molecular weight excluding hydrogens is 424 g/mol. The third-order valence-electron chi connectivity index (χ3n) is 6.37. The highest BCUT2D eigenvalue weighted by molar-refractivity contribution is 7.97. The Labute approximate surface area is 189 Å². The number of carbonyl (C=O) groups excluding carboxylic acids is 2. The summed E-state index contributed by atoms with van der Waals surface area (Å²) in [5.74, 6) is -0.511. The molecule has 0 amide bonds. The number of allylic oxidation sites excluding steroid dienone is 2. The third kappa shape index (κ3) is 3.64. The zero-order valence-corrected chi connectivity index (χ0v) is 19.5. The number of carbonyl (C=O) groups is 2. The molecule has 0 spiro atoms. The number of piperidine rings is 1. The van der Waals surface area contributed by atoms with E-state index in [-0.39, 0.29) is 23.4 Å². The number of nitrogens with zero attached hydrogens (tertiary/aromatic N) is 2. The van der Waals surface area contributed by atoms with E-state index in [9.17, 15) is 18.0 Å². The van der Waals surface area contributed by atoms with Crippen LogP contribution in [0.3, 0.4) is 0 Å². The predicted octanol–water partition coefficient (Wildman–Crippen LogP) is 4.17. The Kier molecular flexibility index (Phi) is 5.95. The molecule has 1 aliphatic carbocycles. The number of benzene rings is 2. The van der Waals surface area contributed by atoms with Crippen LogP contribution in [0.4, 0.5) is 5.69 Å². The first-order valence-corrected chi connectivity index (χ1v) is 12.5. The number of hydrogen-bond donors (Lipinski definition) is 0. The summed E-state index contributed by atoms with van der Waals surface area (Å²) in [7, 11) is -4.29. The number of rotatable bonds is 5. The van der Waals surface area contributed by atoms with Crippen molar-refractivity contribution in [1.82, 2.24) is 4.90 Å². The maximum atomic E-state index is 14.0. The van der Waals surface area contributed by atoms with E-state index in [2.05, 4.69) is 6.92 Å². The molecule has 1 saturated heterocycles. The molecular formula is C25H28N2O4S. The van der Waals surface area contributed by atoms with Gasteiger partial charge in [-0.3, -0.25) is 13.9 Å². The van der Waals surface area contributed by atoms with Gasteiger partial charge in [0.1, 0.15) is 5.70 Å². The van der Waals surface area contributed by atoms with Crippen molar-refractivity contribution in [2.24, 2.45) is 5.92 Å². The number of sulfonamides is 1. The first-order valence-electron chi connectivity index (χ1n) is 11.0. The molecule has 6 nitrogen and oxygen atoms in total. The molecule has 0 radical (unpaired) electrons. The fraction of sp³-hybridized carbons (Fsp3) is 0.360. The van der Waals surface area contributed by atoms with Crippen molar-refractivity contribution in [3.63, 3.8) is 0 Å². The Balaban J connectivity index is 1.94. The molecule has 168 valence electrons. The van der Waals surface area contributed by atoms with Crippen LogP contribution in [-0.2, 0) is 10.0 Å². The lowest BCUT2D eigenvalue weighted by atomic mass is 9.90. The van der Waals surface area contributed by atoms with Gasteiger partial charge in [0.2, 0.25) is 11.6 Å². The van der Waals surface area contributed by atoms with Gasteiger partial charge >= 0.3 is 0 Å². The lowest BCUT2D eigenvalue weighted by molar-refractivity contribution is 0.0932. The van der Waals surface area contributed by atoms with Crippen molar-refractivity contribution in [2.45, 2.75) is 33.6 Å². The van der Waals surface area contributed by atoms with Gasteiger partial charge in [-0.15, -0.1) is 0 Å². The fourth-order valence-electron chi connectivity index (χ4n) is 4.52. The summed E-state index contributed by atoms with van der Waals surface area (Å²) in [6.07, 6.45) is 1.68. The van der Waals surface area contributed by atoms with Crippen molar-refractivity contribution >= 4 is 27.3 Å². The second-order valence-corrected chi connectivity index (χ2v) is 10.3. The second-order valence-electron chi connectivity index (χ2n) is 8.51. The van der Waals surface area contributed by atoms with Crippen LogP contribution >= 0.6 is 0 Å². The maximum Gasteiger partial charge on any atom is 0.270 e. The van der Waals surface area contributed by atoms with Crippen molar-refractivity contribution in [1.29, 1.82) is 0 Å². The fourth-order valence-corrected chi connectivity index (χ4v) is 6.36. The molecule has 2 aromatic carbocycles. The van der Waals surface area contributed by atoms with Crippen LogP contribution in [0.1, 0.15) is 53.0 Å². The summed E-state index contributed by atoms with van der Waals surface area (Å²) in [6.45, 7) is 6.95. The number of hydrogen-bond acceptors (Lipinski definition) is 5. The number of Topliss-reactive ketones (excluding diaryl/α,β-unsaturated/α-hetero) is 2. The highest BCUT2D eigenvalue weighted by Crippen LogP contribution is 2.36. The molecule has 0 atom stereocenters. The summed E-state index contributed by atoms with van der Waals surface area (Å²) >= 11 is 0. The molecule has 0 saturated carbocycles. The highest BCUT2D eigenvalue weighted by Gasteiger charge is 2.44. The van der Waals surface area contributed by atoms with E-state index in [1.807, 2.05) is 19.1 Å². The second kappa shape index (κ2) is 8.54. The quantitative estimate of drug-likeness (QED) is 0.681. The minimum absolute atomic E-state index is 0.0210. The van der Waals surface area contributed by atoms with Crippen LogP contribution in [-0.4, -0.2) is 44.5 Å². The molecule has 2 aromatic rings. The monoisotopic (exact) mass is 452 g/mol. The van der Waals surface area contributed by atoms with Gasteiger partial charge in [0.25, 0.3) is 10.0 Å². The predicted molar refractivity (Wildman–Crippen MR) is 125 cm³/mol. The Hall–Kier alpha value is -2.93. The molecule has 1 heterocycles. The van der Waals surface area contributed by atoms with Gasteiger partial charge in [0, 0.05) is 30.8 Å². The summed E-state index contributed by atoms with van der Waals surface area (Å²) in [4.78, 5) is 28.6. The lowest BCUT2D eigenvalue weighted by Crippen LogP contribution is -2.43. The Morgan fingerprint density at radius 3 is 2.09 bits per heavy atom. The molecule has 0 N–H and O–H groups in total. The molecule has 1 aliphatic heterocycles. The van der Waals surface area contributed by atoms with Gasteiger partial charge in [-0.2, -0.15) is 0 Å². The van der Waals surface area contributed by atoms with E-state index in [4.69, 9.17) is 0 Å². The van der Waals surface area contributed by atoms with Crippen LogP contribution in [0.2, 0.25) is 0 Å². The molecule has 0 bridgehead atoms. The van der Waals surface area contributed by atoms with Gasteiger partial charge in [0.05, 0.1) is 5.69 Å². The minimum Gasteiger partial charge on any atom is -0.367 e. The topological polar surface area (TPSA) is 74.8 Å². The van der Waals surface area contributed by atoms with Crippen LogP contribution < -0.4 is 4.31 Å². The lowest BCUT2D eigenvalue weighted by Gasteiger charge is -2.37. The van der Waals surface area contributed by atoms with E-state index in [1.54, 1.807) is 42.2 Å². The summed E-state index contributed by atoms with van der Waals surface area (Å²) in [5.41, 5.74) is 1.72. The SMILES string of the molecule is CCN(c1ccccc1C)S(=O)(=O)C1=C(N2CCC(C)CC2)C(=O)c2ccccc2C1=O. The molecule has 1 fully saturated rings.